The highest BCUT2D eigenvalue weighted by Gasteiger charge is 2.13. The van der Waals surface area contributed by atoms with Gasteiger partial charge in [-0.15, -0.1) is 0 Å². The highest BCUT2D eigenvalue weighted by atomic mass is 15.2. The predicted octanol–water partition coefficient (Wildman–Crippen LogP) is 2.89. The van der Waals surface area contributed by atoms with E-state index in [-0.39, 0.29) is 6.04 Å². The van der Waals surface area contributed by atoms with E-state index in [0.29, 0.717) is 0 Å². The lowest BCUT2D eigenvalue weighted by atomic mass is 9.98. The average Bonchev–Trinajstić information content (AvgIpc) is 2.46. The molecule has 0 spiro atoms. The Morgan fingerprint density at radius 2 is 1.84 bits per heavy atom. The molecule has 0 saturated heterocycles. The molecular weight excluding hydrogens is 234 g/mol. The Labute approximate surface area is 115 Å². The molecule has 100 valence electrons. The summed E-state index contributed by atoms with van der Waals surface area (Å²) in [7, 11) is 2.04. The number of nitrogens with zero attached hydrogens (tertiary/aromatic N) is 2. The Morgan fingerprint density at radius 1 is 1.16 bits per heavy atom. The van der Waals surface area contributed by atoms with Crippen molar-refractivity contribution in [1.29, 1.82) is 0 Å². The number of benzene rings is 1. The molecule has 19 heavy (non-hydrogen) atoms. The van der Waals surface area contributed by atoms with Crippen LogP contribution in [0.5, 0.6) is 0 Å². The molecule has 1 atom stereocenters. The van der Waals surface area contributed by atoms with E-state index in [1.807, 2.05) is 38.2 Å². The molecule has 1 aromatic carbocycles. The van der Waals surface area contributed by atoms with Crippen LogP contribution in [0.4, 0.5) is 5.82 Å². The summed E-state index contributed by atoms with van der Waals surface area (Å²) in [5.41, 5.74) is 9.51. The first-order valence-corrected chi connectivity index (χ1v) is 6.62. The maximum atomic E-state index is 6.32. The van der Waals surface area contributed by atoms with Crippen LogP contribution in [0, 0.1) is 6.92 Å². The average molecular weight is 255 g/mol. The standard InChI is InChI=1S/C16H21N3/c1-4-19(3)15-11-10-14(12(2)18-15)16(17)13-8-6-5-7-9-13/h5-11,16H,4,17H2,1-3H3/t16-/m0/s1. The molecule has 0 radical (unpaired) electrons. The summed E-state index contributed by atoms with van der Waals surface area (Å²) in [6.07, 6.45) is 0. The Hall–Kier alpha value is -1.87. The molecule has 1 heterocycles. The number of nitrogens with two attached hydrogens (primary N) is 1. The van der Waals surface area contributed by atoms with Gasteiger partial charge in [0.15, 0.2) is 0 Å². The summed E-state index contributed by atoms with van der Waals surface area (Å²) < 4.78 is 0. The van der Waals surface area contributed by atoms with E-state index >= 15 is 0 Å². The van der Waals surface area contributed by atoms with Crippen molar-refractivity contribution >= 4 is 5.82 Å². The molecule has 0 aliphatic heterocycles. The second-order valence-electron chi connectivity index (χ2n) is 4.75. The quantitative estimate of drug-likeness (QED) is 0.913. The van der Waals surface area contributed by atoms with Crippen LogP contribution in [-0.4, -0.2) is 18.6 Å². The first-order valence-electron chi connectivity index (χ1n) is 6.62. The minimum absolute atomic E-state index is 0.116. The van der Waals surface area contributed by atoms with Crippen LogP contribution in [0.25, 0.3) is 0 Å². The van der Waals surface area contributed by atoms with Crippen molar-refractivity contribution in [2.75, 3.05) is 18.5 Å². The molecular formula is C16H21N3. The molecule has 0 amide bonds. The van der Waals surface area contributed by atoms with Crippen LogP contribution in [0.15, 0.2) is 42.5 Å². The molecule has 2 N–H and O–H groups in total. The van der Waals surface area contributed by atoms with Gasteiger partial charge in [0.25, 0.3) is 0 Å². The monoisotopic (exact) mass is 255 g/mol. The van der Waals surface area contributed by atoms with Crippen LogP contribution < -0.4 is 10.6 Å². The van der Waals surface area contributed by atoms with Crippen LogP contribution in [0.2, 0.25) is 0 Å². The third-order valence-corrected chi connectivity index (χ3v) is 3.47. The maximum Gasteiger partial charge on any atom is 0.128 e. The van der Waals surface area contributed by atoms with Gasteiger partial charge in [-0.2, -0.15) is 0 Å². The van der Waals surface area contributed by atoms with Gasteiger partial charge in [-0.25, -0.2) is 4.98 Å². The summed E-state index contributed by atoms with van der Waals surface area (Å²) in [6, 6.07) is 14.1. The van der Waals surface area contributed by atoms with Gasteiger partial charge in [0, 0.05) is 19.3 Å². The van der Waals surface area contributed by atoms with Crippen LogP contribution in [0.3, 0.4) is 0 Å². The number of pyridine rings is 1. The van der Waals surface area contributed by atoms with Crippen molar-refractivity contribution < 1.29 is 0 Å². The van der Waals surface area contributed by atoms with Crippen molar-refractivity contribution in [3.05, 3.63) is 59.3 Å². The fourth-order valence-electron chi connectivity index (χ4n) is 2.10. The zero-order valence-electron chi connectivity index (χ0n) is 11.8. The van der Waals surface area contributed by atoms with Crippen molar-refractivity contribution in [3.63, 3.8) is 0 Å². The third kappa shape index (κ3) is 2.93. The lowest BCUT2D eigenvalue weighted by molar-refractivity contribution is 0.840. The van der Waals surface area contributed by atoms with Crippen LogP contribution >= 0.6 is 0 Å². The summed E-state index contributed by atoms with van der Waals surface area (Å²) >= 11 is 0. The SMILES string of the molecule is CCN(C)c1ccc([C@@H](N)c2ccccc2)c(C)n1. The number of hydrogen-bond acceptors (Lipinski definition) is 3. The largest absolute Gasteiger partial charge is 0.360 e. The molecule has 0 saturated carbocycles. The van der Waals surface area contributed by atoms with Gasteiger partial charge < -0.3 is 10.6 Å². The first kappa shape index (κ1) is 13.6. The highest BCUT2D eigenvalue weighted by Crippen LogP contribution is 2.23. The van der Waals surface area contributed by atoms with Crippen molar-refractivity contribution in [1.82, 2.24) is 4.98 Å². The highest BCUT2D eigenvalue weighted by molar-refractivity contribution is 5.43. The van der Waals surface area contributed by atoms with E-state index in [0.717, 1.165) is 29.2 Å². The van der Waals surface area contributed by atoms with Gasteiger partial charge in [-0.1, -0.05) is 36.4 Å². The topological polar surface area (TPSA) is 42.1 Å². The molecule has 3 nitrogen and oxygen atoms in total. The van der Waals surface area contributed by atoms with Gasteiger partial charge in [-0.3, -0.25) is 0 Å². The number of hydrogen-bond donors (Lipinski definition) is 1. The second kappa shape index (κ2) is 5.85. The molecule has 0 bridgehead atoms. The van der Waals surface area contributed by atoms with E-state index in [1.165, 1.54) is 0 Å². The van der Waals surface area contributed by atoms with Gasteiger partial charge in [-0.05, 0) is 31.0 Å². The van der Waals surface area contributed by atoms with E-state index in [1.54, 1.807) is 0 Å². The van der Waals surface area contributed by atoms with Gasteiger partial charge >= 0.3 is 0 Å². The summed E-state index contributed by atoms with van der Waals surface area (Å²) in [6.45, 7) is 5.07. The molecule has 0 aliphatic carbocycles. The molecule has 0 fully saturated rings. The van der Waals surface area contributed by atoms with E-state index in [9.17, 15) is 0 Å². The summed E-state index contributed by atoms with van der Waals surface area (Å²) in [4.78, 5) is 6.75. The normalized spacial score (nSPS) is 12.2. The molecule has 2 aromatic rings. The minimum atomic E-state index is -0.116. The fourth-order valence-corrected chi connectivity index (χ4v) is 2.10. The lowest BCUT2D eigenvalue weighted by Crippen LogP contribution is -2.19. The van der Waals surface area contributed by atoms with Gasteiger partial charge in [0.05, 0.1) is 6.04 Å². The van der Waals surface area contributed by atoms with Crippen molar-refractivity contribution in [2.24, 2.45) is 5.73 Å². The maximum absolute atomic E-state index is 6.32. The Kier molecular flexibility index (Phi) is 4.17. The Morgan fingerprint density at radius 3 is 2.42 bits per heavy atom. The predicted molar refractivity (Wildman–Crippen MR) is 80.4 cm³/mol. The van der Waals surface area contributed by atoms with Gasteiger partial charge in [0.2, 0.25) is 0 Å². The fraction of sp³-hybridized carbons (Fsp3) is 0.312. The molecule has 0 aliphatic rings. The Bertz CT molecular complexity index is 537. The van der Waals surface area contributed by atoms with E-state index in [2.05, 4.69) is 35.0 Å². The number of rotatable bonds is 4. The minimum Gasteiger partial charge on any atom is -0.360 e. The zero-order valence-corrected chi connectivity index (χ0v) is 11.8. The zero-order chi connectivity index (χ0) is 13.8. The molecule has 0 unspecified atom stereocenters. The Balaban J connectivity index is 2.31. The van der Waals surface area contributed by atoms with Crippen LogP contribution in [-0.2, 0) is 0 Å². The lowest BCUT2D eigenvalue weighted by Gasteiger charge is -2.19. The van der Waals surface area contributed by atoms with E-state index < -0.39 is 0 Å². The second-order valence-corrected chi connectivity index (χ2v) is 4.75. The first-order chi connectivity index (χ1) is 9.13. The number of aromatic nitrogens is 1. The van der Waals surface area contributed by atoms with Crippen molar-refractivity contribution in [3.8, 4) is 0 Å². The van der Waals surface area contributed by atoms with Crippen LogP contribution in [0.1, 0.15) is 29.8 Å². The summed E-state index contributed by atoms with van der Waals surface area (Å²) in [5, 5.41) is 0. The smallest absolute Gasteiger partial charge is 0.128 e. The van der Waals surface area contributed by atoms with E-state index in [4.69, 9.17) is 5.73 Å². The van der Waals surface area contributed by atoms with Crippen molar-refractivity contribution in [2.45, 2.75) is 19.9 Å². The summed E-state index contributed by atoms with van der Waals surface area (Å²) in [5.74, 6) is 0.990. The number of aryl methyl sites for hydroxylation is 1. The van der Waals surface area contributed by atoms with Gasteiger partial charge in [0.1, 0.15) is 5.82 Å². The molecule has 1 aromatic heterocycles. The number of anilines is 1. The molecule has 2 rings (SSSR count). The third-order valence-electron chi connectivity index (χ3n) is 3.47. The molecule has 3 heteroatoms.